The monoisotopic (exact) mass is 502 g/mol. The molecular weight excluding hydrogens is 498 g/mol. The Morgan fingerprint density at radius 3 is 0.625 bits per heavy atom. The van der Waals surface area contributed by atoms with E-state index in [9.17, 15) is 0 Å². The van der Waals surface area contributed by atoms with Gasteiger partial charge in [0.05, 0.1) is 0 Å². The summed E-state index contributed by atoms with van der Waals surface area (Å²) in [6.07, 6.45) is 0. The van der Waals surface area contributed by atoms with Crippen molar-refractivity contribution in [1.82, 2.24) is 0 Å². The van der Waals surface area contributed by atoms with Crippen molar-refractivity contribution in [3.63, 3.8) is 0 Å². The normalized spacial score (nSPS) is 0. The molecule has 0 saturated heterocycles. The van der Waals surface area contributed by atoms with Crippen LogP contribution in [0.3, 0.4) is 0 Å². The molecule has 0 aromatic rings. The van der Waals surface area contributed by atoms with Crippen molar-refractivity contribution in [3.05, 3.63) is 0 Å². The van der Waals surface area contributed by atoms with Crippen LogP contribution in [0.2, 0.25) is 0 Å². The summed E-state index contributed by atoms with van der Waals surface area (Å²) < 4.78 is 0. The standard InChI is InChI=1S/4H2O.Pb.Sr.Ti.Zr/h4*1H2;;;;/q;;;;;+2;;+2/p-4. The van der Waals surface area contributed by atoms with E-state index in [1.165, 1.54) is 0 Å². The summed E-state index contributed by atoms with van der Waals surface area (Å²) in [6.45, 7) is 0. The van der Waals surface area contributed by atoms with Crippen LogP contribution in [0.25, 0.3) is 0 Å². The first-order valence-corrected chi connectivity index (χ1v) is 0. The molecule has 0 spiro atoms. The Hall–Kier alpha value is 3.84. The third kappa shape index (κ3) is 52.1. The Morgan fingerprint density at radius 2 is 0.625 bits per heavy atom. The first-order valence-electron chi connectivity index (χ1n) is 0. The predicted octanol–water partition coefficient (Wildman–Crippen LogP) is -1.47. The van der Waals surface area contributed by atoms with Crippen LogP contribution in [0.1, 0.15) is 0 Å². The van der Waals surface area contributed by atoms with Crippen LogP contribution in [-0.2, 0) is 47.9 Å². The second-order valence-corrected chi connectivity index (χ2v) is 0. The molecule has 0 fully saturated rings. The van der Waals surface area contributed by atoms with Crippen LogP contribution in [0, 0.1) is 0 Å². The Kier molecular flexibility index (Phi) is 839. The molecule has 0 unspecified atom stereocenters. The van der Waals surface area contributed by atoms with Crippen molar-refractivity contribution in [2.24, 2.45) is 0 Å². The van der Waals surface area contributed by atoms with Crippen molar-refractivity contribution in [3.8, 4) is 0 Å². The summed E-state index contributed by atoms with van der Waals surface area (Å²) in [6, 6.07) is 0. The molecule has 8 heavy (non-hydrogen) atoms. The summed E-state index contributed by atoms with van der Waals surface area (Å²) >= 11 is 0. The molecule has 0 atom stereocenters. The predicted molar refractivity (Wildman–Crippen MR) is 19.3 cm³/mol. The van der Waals surface area contributed by atoms with Crippen molar-refractivity contribution >= 4 is 72.8 Å². The van der Waals surface area contributed by atoms with Gasteiger partial charge in [0, 0.05) is 49.0 Å². The fourth-order valence-corrected chi connectivity index (χ4v) is 0. The zero-order valence-corrected chi connectivity index (χ0v) is 15.4. The van der Waals surface area contributed by atoms with Crippen LogP contribution < -0.4 is 0 Å². The van der Waals surface area contributed by atoms with Gasteiger partial charge in [-0.2, -0.15) is 0 Å². The van der Waals surface area contributed by atoms with Gasteiger partial charge in [-0.3, -0.25) is 0 Å². The van der Waals surface area contributed by atoms with Crippen molar-refractivity contribution in [2.75, 3.05) is 0 Å². The van der Waals surface area contributed by atoms with E-state index < -0.39 is 0 Å². The molecule has 0 rings (SSSR count). The summed E-state index contributed by atoms with van der Waals surface area (Å²) in [5.74, 6) is 0. The van der Waals surface area contributed by atoms with Crippen LogP contribution in [0.4, 0.5) is 0 Å². The van der Waals surface area contributed by atoms with Gasteiger partial charge in [-0.25, -0.2) is 0 Å². The van der Waals surface area contributed by atoms with Crippen LogP contribution in [-0.4, -0.2) is 94.7 Å². The molecule has 0 amide bonds. The van der Waals surface area contributed by atoms with Gasteiger partial charge in [0.1, 0.15) is 0 Å². The fraction of sp³-hybridized carbons (Fsp3) is 0. The van der Waals surface area contributed by atoms with Crippen LogP contribution >= 0.6 is 0 Å². The van der Waals surface area contributed by atoms with E-state index in [0.717, 1.165) is 0 Å². The molecule has 4 nitrogen and oxygen atoms in total. The number of hydrogen-bond donors (Lipinski definition) is 0. The van der Waals surface area contributed by atoms with E-state index in [-0.39, 0.29) is 143 Å². The van der Waals surface area contributed by atoms with Gasteiger partial charge in [0.25, 0.3) is 0 Å². The summed E-state index contributed by atoms with van der Waals surface area (Å²) in [5, 5.41) is 0. The molecule has 4 radical (unpaired) electrons. The van der Waals surface area contributed by atoms with Crippen molar-refractivity contribution < 1.29 is 69.8 Å². The smallest absolute Gasteiger partial charge is 0.870 e. The van der Waals surface area contributed by atoms with E-state index in [2.05, 4.69) is 0 Å². The third-order valence-electron chi connectivity index (χ3n) is 0. The Bertz CT molecular complexity index is 16.0. The molecule has 8 heteroatoms. The second kappa shape index (κ2) is 71.2. The molecular formula is H4O4PbSrTiZr. The van der Waals surface area contributed by atoms with Gasteiger partial charge in [-0.05, 0) is 0 Å². The molecule has 0 saturated carbocycles. The maximum Gasteiger partial charge on any atom is 2.00 e. The van der Waals surface area contributed by atoms with Gasteiger partial charge < -0.3 is 21.9 Å². The topological polar surface area (TPSA) is 120 Å². The fourth-order valence-electron chi connectivity index (χ4n) is 0. The first kappa shape index (κ1) is 94.4. The molecule has 0 aromatic carbocycles. The second-order valence-electron chi connectivity index (χ2n) is 0. The minimum Gasteiger partial charge on any atom is -0.870 e. The molecule has 0 bridgehead atoms. The van der Waals surface area contributed by atoms with Gasteiger partial charge >= 0.3 is 71.7 Å². The van der Waals surface area contributed by atoms with Gasteiger partial charge in [-0.1, -0.05) is 0 Å². The molecule has 0 aliphatic rings. The molecule has 0 heterocycles. The van der Waals surface area contributed by atoms with E-state index in [0.29, 0.717) is 0 Å². The number of hydrogen-bond acceptors (Lipinski definition) is 4. The van der Waals surface area contributed by atoms with E-state index in [4.69, 9.17) is 0 Å². The third-order valence-corrected chi connectivity index (χ3v) is 0. The zero-order chi connectivity index (χ0) is 0. The molecule has 4 N–H and O–H groups in total. The van der Waals surface area contributed by atoms with Gasteiger partial charge in [0.15, 0.2) is 0 Å². The minimum atomic E-state index is 0. The maximum absolute atomic E-state index is 0. The molecule has 42 valence electrons. The Morgan fingerprint density at radius 1 is 0.625 bits per heavy atom. The maximum atomic E-state index is 0. The quantitative estimate of drug-likeness (QED) is 0.376. The van der Waals surface area contributed by atoms with E-state index >= 15 is 0 Å². The van der Waals surface area contributed by atoms with Gasteiger partial charge in [-0.15, -0.1) is 0 Å². The average molecular weight is 502 g/mol. The van der Waals surface area contributed by atoms with Crippen molar-refractivity contribution in [2.45, 2.75) is 0 Å². The first-order chi connectivity index (χ1) is 0. The molecule has 0 aromatic heterocycles. The zero-order valence-electron chi connectivity index (χ0n) is 4.00. The largest absolute Gasteiger partial charge is 2.00 e. The Labute approximate surface area is 139 Å². The molecule has 0 aliphatic heterocycles. The SMILES string of the molecule is [OH-].[OH-].[OH-].[OH-].[Pb].[Sr+2].[Ti].[Zr+2]. The van der Waals surface area contributed by atoms with E-state index in [1.807, 2.05) is 0 Å². The molecule has 0 aliphatic carbocycles. The summed E-state index contributed by atoms with van der Waals surface area (Å²) in [7, 11) is 0. The summed E-state index contributed by atoms with van der Waals surface area (Å²) in [5.41, 5.74) is 0. The van der Waals surface area contributed by atoms with E-state index in [1.54, 1.807) is 0 Å². The minimum absolute atomic E-state index is 0. The summed E-state index contributed by atoms with van der Waals surface area (Å²) in [4.78, 5) is 0. The van der Waals surface area contributed by atoms with Crippen LogP contribution in [0.15, 0.2) is 0 Å². The Balaban J connectivity index is 0. The van der Waals surface area contributed by atoms with Gasteiger partial charge in [0.2, 0.25) is 0 Å². The average Bonchev–Trinajstić information content (AvgIpc) is 0. The number of rotatable bonds is 0. The van der Waals surface area contributed by atoms with Crippen LogP contribution in [0.5, 0.6) is 0 Å². The van der Waals surface area contributed by atoms with Crippen molar-refractivity contribution in [1.29, 1.82) is 0 Å².